The van der Waals surface area contributed by atoms with Crippen LogP contribution in [0.25, 0.3) is 0 Å². The van der Waals surface area contributed by atoms with Crippen LogP contribution in [0.4, 0.5) is 0 Å². The zero-order valence-corrected chi connectivity index (χ0v) is 12.9. The molecule has 1 aliphatic carbocycles. The summed E-state index contributed by atoms with van der Waals surface area (Å²) in [5, 5.41) is 3.09. The average Bonchev–Trinajstić information content (AvgIpc) is 2.37. The molecule has 3 N–H and O–H groups in total. The fourth-order valence-electron chi connectivity index (χ4n) is 2.53. The Morgan fingerprint density at radius 1 is 1.42 bits per heavy atom. The van der Waals surface area contributed by atoms with Crippen LogP contribution in [0.15, 0.2) is 0 Å². The van der Waals surface area contributed by atoms with Gasteiger partial charge in [-0.05, 0) is 37.0 Å². The molecule has 0 bridgehead atoms. The summed E-state index contributed by atoms with van der Waals surface area (Å²) in [6.45, 7) is 7.92. The fraction of sp³-hybridized carbons (Fsp3) is 0.933. The van der Waals surface area contributed by atoms with Gasteiger partial charge in [-0.3, -0.25) is 4.79 Å². The average molecular weight is 270 g/mol. The number of nitrogens with one attached hydrogen (secondary N) is 1. The van der Waals surface area contributed by atoms with Crippen LogP contribution in [-0.4, -0.2) is 32.2 Å². The van der Waals surface area contributed by atoms with Crippen LogP contribution in [-0.2, 0) is 9.53 Å². The molecule has 0 spiro atoms. The van der Waals surface area contributed by atoms with Crippen molar-refractivity contribution in [2.45, 2.75) is 52.5 Å². The van der Waals surface area contributed by atoms with E-state index in [0.29, 0.717) is 12.5 Å². The van der Waals surface area contributed by atoms with Crippen molar-refractivity contribution in [1.29, 1.82) is 0 Å². The summed E-state index contributed by atoms with van der Waals surface area (Å²) in [5.74, 6) is 0.819. The first-order valence-electron chi connectivity index (χ1n) is 7.38. The fourth-order valence-corrected chi connectivity index (χ4v) is 2.53. The number of amides is 1. The van der Waals surface area contributed by atoms with Crippen molar-refractivity contribution in [3.05, 3.63) is 0 Å². The van der Waals surface area contributed by atoms with Crippen LogP contribution in [0.3, 0.4) is 0 Å². The normalized spacial score (nSPS) is 28.2. The predicted octanol–water partition coefficient (Wildman–Crippen LogP) is 1.93. The first kappa shape index (κ1) is 16.4. The van der Waals surface area contributed by atoms with Gasteiger partial charge in [0.2, 0.25) is 5.91 Å². The van der Waals surface area contributed by atoms with E-state index in [2.05, 4.69) is 26.1 Å². The monoisotopic (exact) mass is 270 g/mol. The molecule has 0 aliphatic heterocycles. The summed E-state index contributed by atoms with van der Waals surface area (Å²) < 4.78 is 5.10. The van der Waals surface area contributed by atoms with E-state index in [9.17, 15) is 4.79 Å². The van der Waals surface area contributed by atoms with Gasteiger partial charge < -0.3 is 15.8 Å². The van der Waals surface area contributed by atoms with E-state index in [1.54, 1.807) is 7.11 Å². The van der Waals surface area contributed by atoms with Gasteiger partial charge in [-0.25, -0.2) is 0 Å². The quantitative estimate of drug-likeness (QED) is 0.775. The topological polar surface area (TPSA) is 64.3 Å². The summed E-state index contributed by atoms with van der Waals surface area (Å²) in [6.07, 6.45) is 3.81. The molecule has 1 saturated carbocycles. The third-order valence-electron chi connectivity index (χ3n) is 4.35. The minimum absolute atomic E-state index is 0.0791. The van der Waals surface area contributed by atoms with E-state index in [1.807, 2.05) is 0 Å². The summed E-state index contributed by atoms with van der Waals surface area (Å²) >= 11 is 0. The third kappa shape index (κ3) is 5.49. The molecular formula is C15H30N2O2. The summed E-state index contributed by atoms with van der Waals surface area (Å²) in [7, 11) is 1.71. The Morgan fingerprint density at radius 3 is 2.68 bits per heavy atom. The number of ether oxygens (including phenoxy) is 1. The Kier molecular flexibility index (Phi) is 6.27. The van der Waals surface area contributed by atoms with Gasteiger partial charge in [-0.1, -0.05) is 20.8 Å². The molecule has 1 amide bonds. The SMILES string of the molecule is COCCC(C)(C)CNC(=O)C1CCC(C)C(N)C1. The third-order valence-corrected chi connectivity index (χ3v) is 4.35. The van der Waals surface area contributed by atoms with Crippen molar-refractivity contribution < 1.29 is 9.53 Å². The maximum absolute atomic E-state index is 12.2. The molecule has 112 valence electrons. The highest BCUT2D eigenvalue weighted by Crippen LogP contribution is 2.28. The molecule has 0 saturated heterocycles. The smallest absolute Gasteiger partial charge is 0.223 e. The zero-order valence-electron chi connectivity index (χ0n) is 12.9. The van der Waals surface area contributed by atoms with E-state index in [1.165, 1.54) is 0 Å². The van der Waals surface area contributed by atoms with E-state index >= 15 is 0 Å². The Labute approximate surface area is 117 Å². The van der Waals surface area contributed by atoms with Gasteiger partial charge in [0.1, 0.15) is 0 Å². The van der Waals surface area contributed by atoms with E-state index in [0.717, 1.165) is 32.3 Å². The van der Waals surface area contributed by atoms with Gasteiger partial charge in [-0.15, -0.1) is 0 Å². The second-order valence-corrected chi connectivity index (χ2v) is 6.78. The van der Waals surface area contributed by atoms with Crippen LogP contribution in [0.5, 0.6) is 0 Å². The lowest BCUT2D eigenvalue weighted by Gasteiger charge is -2.32. The lowest BCUT2D eigenvalue weighted by molar-refractivity contribution is -0.126. The molecule has 1 fully saturated rings. The molecule has 3 atom stereocenters. The van der Waals surface area contributed by atoms with Gasteiger partial charge in [0, 0.05) is 32.2 Å². The van der Waals surface area contributed by atoms with Gasteiger partial charge in [0.25, 0.3) is 0 Å². The van der Waals surface area contributed by atoms with Gasteiger partial charge in [0.15, 0.2) is 0 Å². The number of methoxy groups -OCH3 is 1. The Morgan fingerprint density at radius 2 is 2.11 bits per heavy atom. The minimum atomic E-state index is 0.0791. The molecule has 0 aromatic heterocycles. The first-order chi connectivity index (χ1) is 8.85. The second kappa shape index (κ2) is 7.25. The summed E-state index contributed by atoms with van der Waals surface area (Å²) in [4.78, 5) is 12.2. The lowest BCUT2D eigenvalue weighted by atomic mass is 9.79. The second-order valence-electron chi connectivity index (χ2n) is 6.78. The summed E-state index contributed by atoms with van der Waals surface area (Å²) in [6, 6.07) is 0.172. The van der Waals surface area contributed by atoms with Crippen molar-refractivity contribution in [1.82, 2.24) is 5.32 Å². The van der Waals surface area contributed by atoms with Crippen LogP contribution in [0, 0.1) is 17.3 Å². The van der Waals surface area contributed by atoms with Crippen molar-refractivity contribution >= 4 is 5.91 Å². The molecule has 19 heavy (non-hydrogen) atoms. The number of rotatable bonds is 6. The summed E-state index contributed by atoms with van der Waals surface area (Å²) in [5.41, 5.74) is 6.14. The molecular weight excluding hydrogens is 240 g/mol. The molecule has 0 aromatic rings. The van der Waals surface area contributed by atoms with Gasteiger partial charge in [0.05, 0.1) is 0 Å². The van der Waals surface area contributed by atoms with Crippen LogP contribution in [0.2, 0.25) is 0 Å². The van der Waals surface area contributed by atoms with Gasteiger partial charge in [-0.2, -0.15) is 0 Å². The highest BCUT2D eigenvalue weighted by Gasteiger charge is 2.30. The highest BCUT2D eigenvalue weighted by atomic mass is 16.5. The number of carbonyl (C=O) groups is 1. The predicted molar refractivity (Wildman–Crippen MR) is 77.8 cm³/mol. The first-order valence-corrected chi connectivity index (χ1v) is 7.38. The molecule has 4 heteroatoms. The highest BCUT2D eigenvalue weighted by molar-refractivity contribution is 5.78. The van der Waals surface area contributed by atoms with E-state index in [4.69, 9.17) is 10.5 Å². The number of hydrogen-bond acceptors (Lipinski definition) is 3. The maximum atomic E-state index is 12.2. The van der Waals surface area contributed by atoms with Crippen molar-refractivity contribution in [2.75, 3.05) is 20.3 Å². The molecule has 1 rings (SSSR count). The van der Waals surface area contributed by atoms with Crippen LogP contribution in [0.1, 0.15) is 46.5 Å². The van der Waals surface area contributed by atoms with Crippen LogP contribution >= 0.6 is 0 Å². The molecule has 0 aromatic carbocycles. The van der Waals surface area contributed by atoms with Crippen LogP contribution < -0.4 is 11.1 Å². The molecule has 0 heterocycles. The van der Waals surface area contributed by atoms with Gasteiger partial charge >= 0.3 is 0 Å². The molecule has 3 unspecified atom stereocenters. The largest absolute Gasteiger partial charge is 0.385 e. The standard InChI is InChI=1S/C15H30N2O2/c1-11-5-6-12(9-13(11)16)14(18)17-10-15(2,3)7-8-19-4/h11-13H,5-10,16H2,1-4H3,(H,17,18). The lowest BCUT2D eigenvalue weighted by Crippen LogP contribution is -2.43. The Bertz CT molecular complexity index is 292. The van der Waals surface area contributed by atoms with E-state index in [-0.39, 0.29) is 23.3 Å². The Hall–Kier alpha value is -0.610. The number of nitrogens with two attached hydrogens (primary N) is 1. The maximum Gasteiger partial charge on any atom is 0.223 e. The van der Waals surface area contributed by atoms with Crippen molar-refractivity contribution in [3.8, 4) is 0 Å². The minimum Gasteiger partial charge on any atom is -0.385 e. The van der Waals surface area contributed by atoms with Crippen molar-refractivity contribution in [2.24, 2.45) is 23.0 Å². The molecule has 0 radical (unpaired) electrons. The molecule has 4 nitrogen and oxygen atoms in total. The van der Waals surface area contributed by atoms with Crippen molar-refractivity contribution in [3.63, 3.8) is 0 Å². The van der Waals surface area contributed by atoms with E-state index < -0.39 is 0 Å². The molecule has 1 aliphatic rings. The Balaban J connectivity index is 2.35. The number of hydrogen-bond donors (Lipinski definition) is 2. The number of carbonyl (C=O) groups excluding carboxylic acids is 1. The zero-order chi connectivity index (χ0) is 14.5.